The molecule has 3 N–H and O–H groups in total. The van der Waals surface area contributed by atoms with Gasteiger partial charge < -0.3 is 11.1 Å². The van der Waals surface area contributed by atoms with Crippen LogP contribution in [0.25, 0.3) is 0 Å². The molecule has 0 bridgehead atoms. The van der Waals surface area contributed by atoms with Gasteiger partial charge in [0.15, 0.2) is 0 Å². The van der Waals surface area contributed by atoms with Crippen LogP contribution in [0.5, 0.6) is 0 Å². The second-order valence-corrected chi connectivity index (χ2v) is 3.76. The lowest BCUT2D eigenvalue weighted by atomic mass is 9.75. The maximum Gasteiger partial charge on any atom is 0.401 e. The molecule has 2 nitrogen and oxygen atoms in total. The standard InChI is InChI=1S/C8H15F3N2/c9-8(10,11)6-13-5-4-7(12)2-1-3-7/h13H,1-6,12H2. The number of hydrogen-bond donors (Lipinski definition) is 2. The average molecular weight is 196 g/mol. The summed E-state index contributed by atoms with van der Waals surface area (Å²) in [6, 6.07) is 0. The SMILES string of the molecule is NC1(CCNCC(F)(F)F)CCC1. The van der Waals surface area contributed by atoms with E-state index in [4.69, 9.17) is 5.73 Å². The number of nitrogens with two attached hydrogens (primary N) is 1. The monoisotopic (exact) mass is 196 g/mol. The lowest BCUT2D eigenvalue weighted by Gasteiger charge is -2.38. The molecule has 0 amide bonds. The Balaban J connectivity index is 2.01. The van der Waals surface area contributed by atoms with Gasteiger partial charge in [-0.2, -0.15) is 13.2 Å². The Morgan fingerprint density at radius 2 is 1.92 bits per heavy atom. The van der Waals surface area contributed by atoms with Crippen LogP contribution in [0.2, 0.25) is 0 Å². The smallest absolute Gasteiger partial charge is 0.325 e. The fraction of sp³-hybridized carbons (Fsp3) is 1.00. The maximum atomic E-state index is 11.7. The normalized spacial score (nSPS) is 21.2. The Labute approximate surface area is 75.7 Å². The van der Waals surface area contributed by atoms with Crippen LogP contribution in [0.1, 0.15) is 25.7 Å². The zero-order chi connectivity index (χ0) is 9.95. The van der Waals surface area contributed by atoms with Crippen LogP contribution in [-0.2, 0) is 0 Å². The van der Waals surface area contributed by atoms with Gasteiger partial charge in [-0.3, -0.25) is 0 Å². The van der Waals surface area contributed by atoms with Crippen LogP contribution >= 0.6 is 0 Å². The van der Waals surface area contributed by atoms with Gasteiger partial charge in [0, 0.05) is 5.54 Å². The van der Waals surface area contributed by atoms with E-state index < -0.39 is 12.7 Å². The Morgan fingerprint density at radius 1 is 1.31 bits per heavy atom. The molecule has 0 radical (unpaired) electrons. The first-order valence-corrected chi connectivity index (χ1v) is 4.48. The summed E-state index contributed by atoms with van der Waals surface area (Å²) in [6.07, 6.45) is -0.471. The highest BCUT2D eigenvalue weighted by atomic mass is 19.4. The topological polar surface area (TPSA) is 38.0 Å². The summed E-state index contributed by atoms with van der Waals surface area (Å²) in [5.41, 5.74) is 5.65. The van der Waals surface area contributed by atoms with Crippen molar-refractivity contribution in [2.45, 2.75) is 37.4 Å². The van der Waals surface area contributed by atoms with Crippen molar-refractivity contribution in [1.82, 2.24) is 5.32 Å². The summed E-state index contributed by atoms with van der Waals surface area (Å²) in [7, 11) is 0. The molecule has 0 heterocycles. The summed E-state index contributed by atoms with van der Waals surface area (Å²) in [4.78, 5) is 0. The highest BCUT2D eigenvalue weighted by Crippen LogP contribution is 2.31. The molecule has 1 aliphatic rings. The van der Waals surface area contributed by atoms with Gasteiger partial charge in [0.1, 0.15) is 0 Å². The van der Waals surface area contributed by atoms with E-state index in [9.17, 15) is 13.2 Å². The summed E-state index contributed by atoms with van der Waals surface area (Å²) in [6.45, 7) is -0.556. The molecule has 0 aromatic carbocycles. The Morgan fingerprint density at radius 3 is 2.31 bits per heavy atom. The second-order valence-electron chi connectivity index (χ2n) is 3.76. The van der Waals surface area contributed by atoms with E-state index in [-0.39, 0.29) is 5.54 Å². The van der Waals surface area contributed by atoms with Crippen LogP contribution in [0, 0.1) is 0 Å². The fourth-order valence-corrected chi connectivity index (χ4v) is 1.45. The molecule has 1 saturated carbocycles. The average Bonchev–Trinajstić information content (AvgIpc) is 1.93. The molecule has 13 heavy (non-hydrogen) atoms. The van der Waals surface area contributed by atoms with Gasteiger partial charge in [-0.25, -0.2) is 0 Å². The number of rotatable bonds is 4. The van der Waals surface area contributed by atoms with Crippen LogP contribution in [-0.4, -0.2) is 24.8 Å². The van der Waals surface area contributed by atoms with Gasteiger partial charge in [-0.1, -0.05) is 0 Å². The molecule has 1 aliphatic carbocycles. The largest absolute Gasteiger partial charge is 0.401 e. The minimum atomic E-state index is -4.11. The molecular weight excluding hydrogens is 181 g/mol. The van der Waals surface area contributed by atoms with Crippen molar-refractivity contribution in [3.63, 3.8) is 0 Å². The number of nitrogens with one attached hydrogen (secondary N) is 1. The third-order valence-corrected chi connectivity index (χ3v) is 2.47. The quantitative estimate of drug-likeness (QED) is 0.667. The zero-order valence-corrected chi connectivity index (χ0v) is 7.45. The third kappa shape index (κ3) is 3.95. The van der Waals surface area contributed by atoms with Crippen LogP contribution in [0.4, 0.5) is 13.2 Å². The van der Waals surface area contributed by atoms with E-state index in [1.165, 1.54) is 0 Å². The van der Waals surface area contributed by atoms with Gasteiger partial charge >= 0.3 is 6.18 Å². The van der Waals surface area contributed by atoms with Crippen LogP contribution < -0.4 is 11.1 Å². The van der Waals surface area contributed by atoms with Crippen molar-refractivity contribution in [3.8, 4) is 0 Å². The molecule has 0 atom stereocenters. The van der Waals surface area contributed by atoms with Crippen molar-refractivity contribution in [3.05, 3.63) is 0 Å². The summed E-state index contributed by atoms with van der Waals surface area (Å²) >= 11 is 0. The minimum Gasteiger partial charge on any atom is -0.325 e. The Bertz CT molecular complexity index is 163. The van der Waals surface area contributed by atoms with Crippen molar-refractivity contribution in [2.75, 3.05) is 13.1 Å². The minimum absolute atomic E-state index is 0.182. The first kappa shape index (κ1) is 10.8. The third-order valence-electron chi connectivity index (χ3n) is 2.47. The van der Waals surface area contributed by atoms with E-state index in [2.05, 4.69) is 5.32 Å². The molecule has 0 spiro atoms. The molecule has 1 fully saturated rings. The Hall–Kier alpha value is -0.290. The first-order chi connectivity index (χ1) is 5.91. The van der Waals surface area contributed by atoms with E-state index >= 15 is 0 Å². The van der Waals surface area contributed by atoms with Gasteiger partial charge in [-0.15, -0.1) is 0 Å². The van der Waals surface area contributed by atoms with E-state index in [1.807, 2.05) is 0 Å². The lowest BCUT2D eigenvalue weighted by molar-refractivity contribution is -0.124. The van der Waals surface area contributed by atoms with Gasteiger partial charge in [0.25, 0.3) is 0 Å². The molecule has 78 valence electrons. The van der Waals surface area contributed by atoms with Gasteiger partial charge in [0.05, 0.1) is 6.54 Å². The highest BCUT2D eigenvalue weighted by molar-refractivity contribution is 4.92. The predicted octanol–water partition coefficient (Wildman–Crippen LogP) is 1.41. The molecule has 1 rings (SSSR count). The van der Waals surface area contributed by atoms with Crippen molar-refractivity contribution in [2.24, 2.45) is 5.73 Å². The lowest BCUT2D eigenvalue weighted by Crippen LogP contribution is -2.48. The second kappa shape index (κ2) is 3.84. The maximum absolute atomic E-state index is 11.7. The van der Waals surface area contributed by atoms with Crippen molar-refractivity contribution < 1.29 is 13.2 Å². The highest BCUT2D eigenvalue weighted by Gasteiger charge is 2.32. The van der Waals surface area contributed by atoms with Crippen molar-refractivity contribution >= 4 is 0 Å². The predicted molar refractivity (Wildman–Crippen MR) is 44.3 cm³/mol. The van der Waals surface area contributed by atoms with Crippen LogP contribution in [0.3, 0.4) is 0 Å². The molecule has 0 aromatic rings. The summed E-state index contributed by atoms with van der Waals surface area (Å²) in [5, 5.41) is 2.34. The number of halogens is 3. The number of hydrogen-bond acceptors (Lipinski definition) is 2. The molecule has 0 unspecified atom stereocenters. The molecule has 0 aromatic heterocycles. The van der Waals surface area contributed by atoms with E-state index in [1.54, 1.807) is 0 Å². The summed E-state index contributed by atoms with van der Waals surface area (Å²) < 4.78 is 35.0. The van der Waals surface area contributed by atoms with Crippen molar-refractivity contribution in [1.29, 1.82) is 0 Å². The molecule has 0 saturated heterocycles. The summed E-state index contributed by atoms with van der Waals surface area (Å²) in [5.74, 6) is 0. The number of alkyl halides is 3. The molecule has 0 aliphatic heterocycles. The van der Waals surface area contributed by atoms with E-state index in [0.717, 1.165) is 19.3 Å². The van der Waals surface area contributed by atoms with Crippen LogP contribution in [0.15, 0.2) is 0 Å². The molecular formula is C8H15F3N2. The van der Waals surface area contributed by atoms with E-state index in [0.29, 0.717) is 13.0 Å². The first-order valence-electron chi connectivity index (χ1n) is 4.48. The fourth-order valence-electron chi connectivity index (χ4n) is 1.45. The zero-order valence-electron chi connectivity index (χ0n) is 7.45. The Kier molecular flexibility index (Phi) is 3.18. The van der Waals surface area contributed by atoms with Gasteiger partial charge in [-0.05, 0) is 32.2 Å². The van der Waals surface area contributed by atoms with Gasteiger partial charge in [0.2, 0.25) is 0 Å². The molecule has 5 heteroatoms.